The number of amides is 1. The summed E-state index contributed by atoms with van der Waals surface area (Å²) in [6, 6.07) is 6.65. The highest BCUT2D eigenvalue weighted by Crippen LogP contribution is 2.24. The highest BCUT2D eigenvalue weighted by molar-refractivity contribution is 7.98. The monoisotopic (exact) mass is 455 g/mol. The van der Waals surface area contributed by atoms with Crippen LogP contribution in [0.25, 0.3) is 11.0 Å². The van der Waals surface area contributed by atoms with Crippen LogP contribution in [0.5, 0.6) is 0 Å². The fraction of sp³-hybridized carbons (Fsp3) is 0.200. The summed E-state index contributed by atoms with van der Waals surface area (Å²) in [6.07, 6.45) is 0.720. The molecule has 166 valence electrons. The molecule has 4 N–H and O–H groups in total. The number of aromatic nitrogens is 3. The van der Waals surface area contributed by atoms with Crippen molar-refractivity contribution in [1.82, 2.24) is 20.3 Å². The Hall–Kier alpha value is -3.93. The quantitative estimate of drug-likeness (QED) is 0.322. The van der Waals surface area contributed by atoms with E-state index < -0.39 is 30.3 Å². The first kappa shape index (κ1) is 22.7. The fourth-order valence-corrected chi connectivity index (χ4v) is 3.63. The van der Waals surface area contributed by atoms with Gasteiger partial charge in [-0.3, -0.25) is 14.6 Å². The number of H-pyrrole nitrogens is 1. The van der Waals surface area contributed by atoms with Crippen molar-refractivity contribution in [3.63, 3.8) is 0 Å². The number of nitrogens with zero attached hydrogens (tertiary/aromatic N) is 2. The third-order valence-electron chi connectivity index (χ3n) is 4.40. The number of nitrogens with one attached hydrogen (secondary N) is 2. The minimum absolute atomic E-state index is 0.00985. The molecule has 3 aromatic rings. The SMILES string of the molecule is Nc1nc2ncc(SCc3ccc(C(=O)NC(CCC(=O)[O-])C(=O)[O-])cc3)cc2c(=O)[nH]1. The van der Waals surface area contributed by atoms with E-state index in [1.807, 2.05) is 0 Å². The van der Waals surface area contributed by atoms with Crippen molar-refractivity contribution in [2.24, 2.45) is 0 Å². The van der Waals surface area contributed by atoms with E-state index in [-0.39, 0.29) is 29.1 Å². The molecule has 0 aliphatic rings. The van der Waals surface area contributed by atoms with Gasteiger partial charge in [0.05, 0.1) is 17.4 Å². The number of carboxylic acid groups (broad SMARTS) is 2. The molecule has 0 radical (unpaired) electrons. The van der Waals surface area contributed by atoms with Crippen LogP contribution < -0.4 is 26.8 Å². The number of carbonyl (C=O) groups is 3. The van der Waals surface area contributed by atoms with E-state index in [1.165, 1.54) is 23.9 Å². The Labute approximate surface area is 185 Å². The van der Waals surface area contributed by atoms with Gasteiger partial charge < -0.3 is 30.9 Å². The van der Waals surface area contributed by atoms with Crippen molar-refractivity contribution < 1.29 is 24.6 Å². The van der Waals surface area contributed by atoms with E-state index in [2.05, 4.69) is 20.3 Å². The molecule has 0 fully saturated rings. The maximum atomic E-state index is 12.2. The molecule has 1 aromatic carbocycles. The second-order valence-electron chi connectivity index (χ2n) is 6.73. The molecule has 3 rings (SSSR count). The van der Waals surface area contributed by atoms with Gasteiger partial charge in [-0.25, -0.2) is 4.98 Å². The molecule has 2 heterocycles. The number of nitrogens with two attached hydrogens (primary N) is 1. The number of anilines is 1. The van der Waals surface area contributed by atoms with Crippen molar-refractivity contribution in [2.45, 2.75) is 29.5 Å². The van der Waals surface area contributed by atoms with Crippen molar-refractivity contribution in [3.05, 3.63) is 58.0 Å². The summed E-state index contributed by atoms with van der Waals surface area (Å²) in [5.74, 6) is -3.15. The fourth-order valence-electron chi connectivity index (χ4n) is 2.77. The molecular weight excluding hydrogens is 438 g/mol. The zero-order chi connectivity index (χ0) is 23.3. The van der Waals surface area contributed by atoms with E-state index in [0.717, 1.165) is 10.5 Å². The molecule has 1 atom stereocenters. The first-order valence-electron chi connectivity index (χ1n) is 9.32. The summed E-state index contributed by atoms with van der Waals surface area (Å²) in [6.45, 7) is 0. The van der Waals surface area contributed by atoms with E-state index in [0.29, 0.717) is 11.1 Å². The number of carboxylic acids is 2. The molecule has 0 bridgehead atoms. The van der Waals surface area contributed by atoms with Crippen LogP contribution in [0.2, 0.25) is 0 Å². The molecule has 1 amide bonds. The van der Waals surface area contributed by atoms with Crippen LogP contribution >= 0.6 is 11.8 Å². The van der Waals surface area contributed by atoms with Crippen molar-refractivity contribution in [3.8, 4) is 0 Å². The predicted molar refractivity (Wildman–Crippen MR) is 111 cm³/mol. The lowest BCUT2D eigenvalue weighted by Gasteiger charge is -2.20. The molecule has 12 heteroatoms. The maximum Gasteiger partial charge on any atom is 0.261 e. The molecular formula is C20H17N5O6S-2. The van der Waals surface area contributed by atoms with Crippen LogP contribution in [0, 0.1) is 0 Å². The van der Waals surface area contributed by atoms with E-state index in [9.17, 15) is 29.4 Å². The van der Waals surface area contributed by atoms with Crippen LogP contribution in [0.4, 0.5) is 5.95 Å². The molecule has 0 saturated carbocycles. The number of hydrogen-bond acceptors (Lipinski definition) is 10. The third kappa shape index (κ3) is 5.82. The minimum atomic E-state index is -1.58. The van der Waals surface area contributed by atoms with Crippen LogP contribution in [0.3, 0.4) is 0 Å². The molecule has 11 nitrogen and oxygen atoms in total. The molecule has 0 aliphatic carbocycles. The minimum Gasteiger partial charge on any atom is -0.550 e. The number of benzene rings is 1. The number of aromatic amines is 1. The Morgan fingerprint density at radius 3 is 2.56 bits per heavy atom. The van der Waals surface area contributed by atoms with Crippen molar-refractivity contribution in [2.75, 3.05) is 5.73 Å². The molecule has 2 aromatic heterocycles. The number of carbonyl (C=O) groups excluding carboxylic acids is 3. The predicted octanol–water partition coefficient (Wildman–Crippen LogP) is -1.43. The lowest BCUT2D eigenvalue weighted by molar-refractivity contribution is -0.309. The van der Waals surface area contributed by atoms with Gasteiger partial charge in [0.1, 0.15) is 0 Å². The Bertz CT molecular complexity index is 1230. The van der Waals surface area contributed by atoms with Crippen LogP contribution in [-0.4, -0.2) is 38.8 Å². The first-order chi connectivity index (χ1) is 15.2. The average molecular weight is 455 g/mol. The molecule has 0 spiro atoms. The van der Waals surface area contributed by atoms with Gasteiger partial charge in [0.2, 0.25) is 5.95 Å². The summed E-state index contributed by atoms with van der Waals surface area (Å²) in [4.78, 5) is 57.1. The largest absolute Gasteiger partial charge is 0.550 e. The first-order valence-corrected chi connectivity index (χ1v) is 10.3. The number of pyridine rings is 1. The Kier molecular flexibility index (Phi) is 7.05. The van der Waals surface area contributed by atoms with Gasteiger partial charge in [0.25, 0.3) is 11.5 Å². The Morgan fingerprint density at radius 2 is 1.91 bits per heavy atom. The van der Waals surface area contributed by atoms with Gasteiger partial charge in [-0.1, -0.05) is 12.1 Å². The Morgan fingerprint density at radius 1 is 1.19 bits per heavy atom. The number of hydrogen-bond donors (Lipinski definition) is 3. The number of fused-ring (bicyclic) bond motifs is 1. The van der Waals surface area contributed by atoms with Gasteiger partial charge in [-0.2, -0.15) is 4.98 Å². The van der Waals surface area contributed by atoms with Gasteiger partial charge in [0, 0.05) is 28.4 Å². The maximum absolute atomic E-state index is 12.2. The van der Waals surface area contributed by atoms with E-state index in [1.54, 1.807) is 24.4 Å². The van der Waals surface area contributed by atoms with Gasteiger partial charge >= 0.3 is 0 Å². The van der Waals surface area contributed by atoms with Gasteiger partial charge in [-0.15, -0.1) is 11.8 Å². The molecule has 0 saturated heterocycles. The van der Waals surface area contributed by atoms with Gasteiger partial charge in [0.15, 0.2) is 5.65 Å². The zero-order valence-corrected chi connectivity index (χ0v) is 17.3. The Balaban J connectivity index is 1.62. The highest BCUT2D eigenvalue weighted by Gasteiger charge is 2.15. The third-order valence-corrected chi connectivity index (χ3v) is 5.44. The summed E-state index contributed by atoms with van der Waals surface area (Å²) in [7, 11) is 0. The van der Waals surface area contributed by atoms with Crippen LogP contribution in [-0.2, 0) is 15.3 Å². The molecule has 32 heavy (non-hydrogen) atoms. The number of aliphatic carboxylic acids is 2. The topological polar surface area (TPSA) is 194 Å². The van der Waals surface area contributed by atoms with Crippen molar-refractivity contribution in [1.29, 1.82) is 0 Å². The van der Waals surface area contributed by atoms with Crippen molar-refractivity contribution >= 4 is 46.6 Å². The summed E-state index contributed by atoms with van der Waals surface area (Å²) >= 11 is 1.42. The number of rotatable bonds is 9. The highest BCUT2D eigenvalue weighted by atomic mass is 32.2. The second-order valence-corrected chi connectivity index (χ2v) is 7.78. The summed E-state index contributed by atoms with van der Waals surface area (Å²) in [5.41, 5.74) is 6.44. The van der Waals surface area contributed by atoms with Crippen LogP contribution in [0.1, 0.15) is 28.8 Å². The summed E-state index contributed by atoms with van der Waals surface area (Å²) in [5, 5.41) is 24.2. The standard InChI is InChI=1S/C20H19N5O6S/c21-20-24-16-13(18(29)25-20)7-12(8-22-16)32-9-10-1-3-11(4-2-10)17(28)23-14(19(30)31)5-6-15(26)27/h1-4,7-8,14H,5-6,9H2,(H,23,28)(H,26,27)(H,30,31)(H3,21,22,24,25,29)/p-2. The second kappa shape index (κ2) is 9.92. The van der Waals surface area contributed by atoms with Gasteiger partial charge in [-0.05, 0) is 36.6 Å². The molecule has 0 aliphatic heterocycles. The normalized spacial score (nSPS) is 11.8. The summed E-state index contributed by atoms with van der Waals surface area (Å²) < 4.78 is 0. The van der Waals surface area contributed by atoms with Crippen LogP contribution in [0.15, 0.2) is 46.2 Å². The zero-order valence-electron chi connectivity index (χ0n) is 16.5. The lowest BCUT2D eigenvalue weighted by Crippen LogP contribution is -2.48. The van der Waals surface area contributed by atoms with E-state index >= 15 is 0 Å². The lowest BCUT2D eigenvalue weighted by atomic mass is 10.1. The number of thioether (sulfide) groups is 1. The average Bonchev–Trinajstić information content (AvgIpc) is 2.75. The smallest absolute Gasteiger partial charge is 0.261 e. The molecule has 1 unspecified atom stereocenters. The van der Waals surface area contributed by atoms with E-state index in [4.69, 9.17) is 5.73 Å². The number of nitrogen functional groups attached to an aromatic ring is 1.